The van der Waals surface area contributed by atoms with Crippen LogP contribution in [0.15, 0.2) is 47.6 Å². The number of aromatic nitrogens is 1. The number of ether oxygens (including phenoxy) is 1. The summed E-state index contributed by atoms with van der Waals surface area (Å²) < 4.78 is 17.3. The number of hydrogen-bond acceptors (Lipinski definition) is 6. The van der Waals surface area contributed by atoms with E-state index in [0.717, 1.165) is 23.3 Å². The van der Waals surface area contributed by atoms with Crippen molar-refractivity contribution in [2.45, 2.75) is 25.3 Å². The predicted molar refractivity (Wildman–Crippen MR) is 106 cm³/mol. The molecule has 0 amide bonds. The molecule has 2 heterocycles. The molecular weight excluding hydrogens is 365 g/mol. The van der Waals surface area contributed by atoms with E-state index in [1.54, 1.807) is 23.9 Å². The minimum absolute atomic E-state index is 0.0218. The van der Waals surface area contributed by atoms with E-state index in [4.69, 9.17) is 10.5 Å². The molecule has 0 bridgehead atoms. The van der Waals surface area contributed by atoms with Gasteiger partial charge >= 0.3 is 0 Å². The van der Waals surface area contributed by atoms with Gasteiger partial charge in [-0.2, -0.15) is 0 Å². The second-order valence-corrected chi connectivity index (χ2v) is 7.65. The van der Waals surface area contributed by atoms with Crippen molar-refractivity contribution in [2.24, 2.45) is 10.7 Å². The number of aliphatic imine (C=N–C) groups is 1. The van der Waals surface area contributed by atoms with Crippen LogP contribution in [0.4, 0.5) is 4.39 Å². The van der Waals surface area contributed by atoms with Crippen molar-refractivity contribution in [1.82, 2.24) is 4.98 Å². The third-order valence-corrected chi connectivity index (χ3v) is 5.27. The van der Waals surface area contributed by atoms with Gasteiger partial charge in [-0.3, -0.25) is 9.79 Å². The summed E-state index contributed by atoms with van der Waals surface area (Å²) in [5.41, 5.74) is 7.86. The van der Waals surface area contributed by atoms with Crippen LogP contribution in [0.3, 0.4) is 0 Å². The van der Waals surface area contributed by atoms with Gasteiger partial charge in [-0.15, -0.1) is 0 Å². The Morgan fingerprint density at radius 3 is 2.93 bits per heavy atom. The SMILES string of the molecule is C[C@@]1(c2cccc(CC(=O)c3ccc(OCCF)cn3)c2)CCSC(N)=N1. The molecule has 27 heavy (non-hydrogen) atoms. The quantitative estimate of drug-likeness (QED) is 0.736. The lowest BCUT2D eigenvalue weighted by Gasteiger charge is -2.30. The maximum Gasteiger partial charge on any atom is 0.185 e. The molecule has 1 atom stereocenters. The highest BCUT2D eigenvalue weighted by Crippen LogP contribution is 2.35. The number of alkyl halides is 1. The molecule has 7 heteroatoms. The summed E-state index contributed by atoms with van der Waals surface area (Å²) in [6.07, 6.45) is 2.59. The van der Waals surface area contributed by atoms with Crippen molar-refractivity contribution in [3.63, 3.8) is 0 Å². The largest absolute Gasteiger partial charge is 0.489 e. The Labute approximate surface area is 162 Å². The van der Waals surface area contributed by atoms with Crippen LogP contribution in [0.25, 0.3) is 0 Å². The maximum absolute atomic E-state index is 12.5. The van der Waals surface area contributed by atoms with Gasteiger partial charge in [0.05, 0.1) is 11.7 Å². The number of hydrogen-bond donors (Lipinski definition) is 1. The molecule has 2 aromatic rings. The fourth-order valence-electron chi connectivity index (χ4n) is 2.97. The van der Waals surface area contributed by atoms with Crippen molar-refractivity contribution < 1.29 is 13.9 Å². The third-order valence-electron chi connectivity index (χ3n) is 4.48. The molecule has 0 aliphatic carbocycles. The fraction of sp³-hybridized carbons (Fsp3) is 0.350. The molecule has 1 aromatic heterocycles. The van der Waals surface area contributed by atoms with Crippen LogP contribution in [0, 0.1) is 0 Å². The fourth-order valence-corrected chi connectivity index (χ4v) is 3.95. The molecule has 1 aliphatic rings. The molecule has 5 nitrogen and oxygen atoms in total. The van der Waals surface area contributed by atoms with E-state index < -0.39 is 6.67 Å². The number of pyridine rings is 1. The first-order valence-electron chi connectivity index (χ1n) is 8.76. The Hall–Kier alpha value is -2.41. The Morgan fingerprint density at radius 1 is 1.37 bits per heavy atom. The summed E-state index contributed by atoms with van der Waals surface area (Å²) in [4.78, 5) is 21.3. The molecule has 0 unspecified atom stereocenters. The number of halogens is 1. The molecule has 142 valence electrons. The van der Waals surface area contributed by atoms with Crippen LogP contribution in [-0.2, 0) is 12.0 Å². The van der Waals surface area contributed by atoms with Gasteiger partial charge in [0.15, 0.2) is 11.0 Å². The lowest BCUT2D eigenvalue weighted by molar-refractivity contribution is 0.0988. The van der Waals surface area contributed by atoms with Gasteiger partial charge in [-0.05, 0) is 36.6 Å². The van der Waals surface area contributed by atoms with Gasteiger partial charge in [-0.25, -0.2) is 9.37 Å². The maximum atomic E-state index is 12.5. The normalized spacial score (nSPS) is 19.4. The highest BCUT2D eigenvalue weighted by Gasteiger charge is 2.29. The van der Waals surface area contributed by atoms with E-state index in [0.29, 0.717) is 16.6 Å². The lowest BCUT2D eigenvalue weighted by Crippen LogP contribution is -2.28. The van der Waals surface area contributed by atoms with Crippen molar-refractivity contribution in [3.8, 4) is 5.75 Å². The molecular formula is C20H22FN3O2S. The summed E-state index contributed by atoms with van der Waals surface area (Å²) in [5.74, 6) is 1.29. The smallest absolute Gasteiger partial charge is 0.185 e. The number of nitrogens with zero attached hydrogens (tertiary/aromatic N) is 2. The van der Waals surface area contributed by atoms with Gasteiger partial charge < -0.3 is 10.5 Å². The third kappa shape index (κ3) is 4.86. The van der Waals surface area contributed by atoms with Crippen molar-refractivity contribution in [3.05, 3.63) is 59.4 Å². The van der Waals surface area contributed by atoms with E-state index in [2.05, 4.69) is 16.9 Å². The van der Waals surface area contributed by atoms with E-state index in [9.17, 15) is 9.18 Å². The van der Waals surface area contributed by atoms with Gasteiger partial charge in [0.1, 0.15) is 24.7 Å². The van der Waals surface area contributed by atoms with E-state index >= 15 is 0 Å². The van der Waals surface area contributed by atoms with E-state index in [1.165, 1.54) is 6.20 Å². The molecule has 0 saturated heterocycles. The first kappa shape index (κ1) is 19.4. The van der Waals surface area contributed by atoms with Crippen LogP contribution < -0.4 is 10.5 Å². The van der Waals surface area contributed by atoms with Crippen molar-refractivity contribution in [2.75, 3.05) is 19.0 Å². The first-order valence-corrected chi connectivity index (χ1v) is 9.74. The number of ketones is 1. The molecule has 3 rings (SSSR count). The van der Waals surface area contributed by atoms with Crippen LogP contribution in [0.1, 0.15) is 35.0 Å². The standard InChI is InChI=1S/C20H22FN3O2S/c1-20(7-10-27-19(22)24-20)15-4-2-3-14(11-15)12-18(25)17-6-5-16(13-23-17)26-9-8-21/h2-6,11,13H,7-10,12H2,1H3,(H2,22,24)/t20-/m0/s1. The summed E-state index contributed by atoms with van der Waals surface area (Å²) in [5, 5.41) is 0.601. The summed E-state index contributed by atoms with van der Waals surface area (Å²) in [7, 11) is 0. The summed E-state index contributed by atoms with van der Waals surface area (Å²) in [6, 6.07) is 11.1. The van der Waals surface area contributed by atoms with Crippen LogP contribution in [0.5, 0.6) is 5.75 Å². The second kappa shape index (κ2) is 8.52. The Balaban J connectivity index is 1.72. The average molecular weight is 387 g/mol. The molecule has 1 aromatic carbocycles. The number of amidine groups is 1. The zero-order valence-corrected chi connectivity index (χ0v) is 16.0. The second-order valence-electron chi connectivity index (χ2n) is 6.54. The number of carbonyl (C=O) groups is 1. The molecule has 2 N–H and O–H groups in total. The van der Waals surface area contributed by atoms with Gasteiger partial charge in [0.2, 0.25) is 0 Å². The van der Waals surface area contributed by atoms with Gasteiger partial charge in [-0.1, -0.05) is 36.0 Å². The van der Waals surface area contributed by atoms with Crippen LogP contribution in [-0.4, -0.2) is 35.0 Å². The summed E-state index contributed by atoms with van der Waals surface area (Å²) >= 11 is 1.57. The number of carbonyl (C=O) groups excluding carboxylic acids is 1. The van der Waals surface area contributed by atoms with E-state index in [1.807, 2.05) is 24.3 Å². The highest BCUT2D eigenvalue weighted by molar-refractivity contribution is 8.13. The lowest BCUT2D eigenvalue weighted by atomic mass is 9.88. The molecule has 0 spiro atoms. The Kier molecular flexibility index (Phi) is 6.11. The monoisotopic (exact) mass is 387 g/mol. The minimum atomic E-state index is -0.565. The van der Waals surface area contributed by atoms with Crippen LogP contribution in [0.2, 0.25) is 0 Å². The van der Waals surface area contributed by atoms with Gasteiger partial charge in [0.25, 0.3) is 0 Å². The van der Waals surface area contributed by atoms with E-state index in [-0.39, 0.29) is 24.3 Å². The molecule has 0 fully saturated rings. The van der Waals surface area contributed by atoms with Crippen molar-refractivity contribution >= 4 is 22.7 Å². The molecule has 1 aliphatic heterocycles. The topological polar surface area (TPSA) is 77.6 Å². The van der Waals surface area contributed by atoms with Gasteiger partial charge in [0, 0.05) is 12.2 Å². The minimum Gasteiger partial charge on any atom is -0.489 e. The predicted octanol–water partition coefficient (Wildman–Crippen LogP) is 3.52. The number of rotatable bonds is 7. The zero-order chi connectivity index (χ0) is 19.3. The molecule has 0 saturated carbocycles. The highest BCUT2D eigenvalue weighted by atomic mass is 32.2. The number of nitrogens with two attached hydrogens (primary N) is 1. The number of Topliss-reactive ketones (excluding diaryl/α,β-unsaturated/α-hetero) is 1. The Morgan fingerprint density at radius 2 is 2.22 bits per heavy atom. The summed E-state index contributed by atoms with van der Waals surface area (Å²) in [6.45, 7) is 1.48. The van der Waals surface area contributed by atoms with Crippen molar-refractivity contribution in [1.29, 1.82) is 0 Å². The number of benzene rings is 1. The molecule has 0 radical (unpaired) electrons. The zero-order valence-electron chi connectivity index (χ0n) is 15.2. The number of thioether (sulfide) groups is 1. The Bertz CT molecular complexity index is 841. The average Bonchev–Trinajstić information content (AvgIpc) is 2.67. The van der Waals surface area contributed by atoms with Crippen LogP contribution >= 0.6 is 11.8 Å². The first-order chi connectivity index (χ1) is 13.0.